The van der Waals surface area contributed by atoms with Crippen molar-refractivity contribution < 1.29 is 17.2 Å². The highest BCUT2D eigenvalue weighted by atomic mass is 32.2. The Hall–Kier alpha value is -2.54. The minimum atomic E-state index is -3.57. The van der Waals surface area contributed by atoms with Crippen LogP contribution in [0.15, 0.2) is 40.2 Å². The number of halogens is 2. The van der Waals surface area contributed by atoms with Crippen LogP contribution < -0.4 is 0 Å². The highest BCUT2D eigenvalue weighted by Crippen LogP contribution is 2.39. The van der Waals surface area contributed by atoms with Crippen LogP contribution in [0, 0.1) is 12.7 Å². The first kappa shape index (κ1) is 18.8. The van der Waals surface area contributed by atoms with E-state index in [1.807, 2.05) is 13.8 Å². The summed E-state index contributed by atoms with van der Waals surface area (Å²) < 4.78 is 55.3. The Bertz CT molecular complexity index is 1270. The summed E-state index contributed by atoms with van der Waals surface area (Å²) in [5.41, 5.74) is 3.30. The molecule has 146 valence electrons. The molecule has 0 aliphatic carbocycles. The first-order valence-electron chi connectivity index (χ1n) is 8.97. The van der Waals surface area contributed by atoms with Gasteiger partial charge in [-0.1, -0.05) is 13.8 Å². The Labute approximate surface area is 162 Å². The van der Waals surface area contributed by atoms with Crippen molar-refractivity contribution in [2.24, 2.45) is 4.99 Å². The number of fused-ring (bicyclic) bond motifs is 2. The molecule has 0 amide bonds. The molecule has 1 aliphatic rings. The van der Waals surface area contributed by atoms with Crippen molar-refractivity contribution in [3.63, 3.8) is 0 Å². The third kappa shape index (κ3) is 2.76. The van der Waals surface area contributed by atoms with Crippen LogP contribution in [0.1, 0.15) is 42.1 Å². The maximum absolute atomic E-state index is 14.2. The predicted octanol–water partition coefficient (Wildman–Crippen LogP) is 4.83. The van der Waals surface area contributed by atoms with Gasteiger partial charge < -0.3 is 4.57 Å². The first-order chi connectivity index (χ1) is 13.1. The second kappa shape index (κ2) is 6.24. The monoisotopic (exact) mass is 402 g/mol. The minimum Gasteiger partial charge on any atom is -0.312 e. The lowest BCUT2D eigenvalue weighted by Gasteiger charge is -2.16. The number of hydrogen-bond acceptors (Lipinski definition) is 3. The van der Waals surface area contributed by atoms with Crippen molar-refractivity contribution in [3.05, 3.63) is 58.5 Å². The van der Waals surface area contributed by atoms with E-state index in [2.05, 4.69) is 4.99 Å². The number of sulfone groups is 1. The van der Waals surface area contributed by atoms with Crippen molar-refractivity contribution in [1.82, 2.24) is 4.57 Å². The van der Waals surface area contributed by atoms with Crippen LogP contribution in [0.25, 0.3) is 16.6 Å². The molecule has 0 spiro atoms. The quantitative estimate of drug-likeness (QED) is 0.630. The fourth-order valence-corrected chi connectivity index (χ4v) is 5.16. The van der Waals surface area contributed by atoms with E-state index < -0.39 is 15.8 Å². The highest BCUT2D eigenvalue weighted by molar-refractivity contribution is 7.91. The number of hydrogen-bond donors (Lipinski definition) is 0. The van der Waals surface area contributed by atoms with E-state index >= 15 is 0 Å². The van der Waals surface area contributed by atoms with Gasteiger partial charge in [0, 0.05) is 28.6 Å². The fraction of sp³-hybridized carbons (Fsp3) is 0.286. The molecule has 2 heterocycles. The molecule has 4 nitrogen and oxygen atoms in total. The van der Waals surface area contributed by atoms with Crippen molar-refractivity contribution in [1.29, 1.82) is 0 Å². The molecule has 0 fully saturated rings. The number of aliphatic imine (C=N–C) groups is 1. The lowest BCUT2D eigenvalue weighted by atomic mass is 10.1. The molecule has 0 radical (unpaired) electrons. The first-order valence-corrected chi connectivity index (χ1v) is 10.9. The molecule has 7 heteroatoms. The number of aryl methyl sites for hydroxylation is 1. The van der Waals surface area contributed by atoms with E-state index in [-0.39, 0.29) is 23.2 Å². The second-order valence-electron chi connectivity index (χ2n) is 7.54. The van der Waals surface area contributed by atoms with E-state index in [1.165, 1.54) is 12.3 Å². The van der Waals surface area contributed by atoms with Gasteiger partial charge >= 0.3 is 0 Å². The lowest BCUT2D eigenvalue weighted by Crippen LogP contribution is -2.08. The Kier molecular flexibility index (Phi) is 4.19. The van der Waals surface area contributed by atoms with E-state index in [1.54, 1.807) is 35.8 Å². The number of nitrogens with zero attached hydrogens (tertiary/aromatic N) is 2. The van der Waals surface area contributed by atoms with Crippen LogP contribution in [0.5, 0.6) is 0 Å². The summed E-state index contributed by atoms with van der Waals surface area (Å²) in [6.45, 7) is 5.66. The molecule has 0 unspecified atom stereocenters. The Morgan fingerprint density at radius 2 is 1.86 bits per heavy atom. The summed E-state index contributed by atoms with van der Waals surface area (Å²) >= 11 is 0. The average molecular weight is 402 g/mol. The van der Waals surface area contributed by atoms with Gasteiger partial charge in [0.2, 0.25) is 5.97 Å². The third-order valence-electron chi connectivity index (χ3n) is 5.11. The molecule has 2 aromatic carbocycles. The molecule has 0 saturated carbocycles. The smallest absolute Gasteiger partial charge is 0.216 e. The van der Waals surface area contributed by atoms with E-state index in [0.717, 1.165) is 0 Å². The van der Waals surface area contributed by atoms with Crippen molar-refractivity contribution >= 4 is 26.7 Å². The molecule has 0 N–H and O–H groups in total. The van der Waals surface area contributed by atoms with Crippen molar-refractivity contribution in [2.75, 3.05) is 6.26 Å². The van der Waals surface area contributed by atoms with Crippen LogP contribution >= 0.6 is 0 Å². The fourth-order valence-electron chi connectivity index (χ4n) is 3.89. The van der Waals surface area contributed by atoms with Gasteiger partial charge in [-0.2, -0.15) is 4.39 Å². The zero-order chi connectivity index (χ0) is 20.4. The van der Waals surface area contributed by atoms with Gasteiger partial charge in [0.1, 0.15) is 5.82 Å². The van der Waals surface area contributed by atoms with Gasteiger partial charge in [-0.05, 0) is 54.3 Å². The number of aromatic nitrogens is 1. The molecule has 0 atom stereocenters. The molecule has 4 rings (SSSR count). The molecule has 0 saturated heterocycles. The van der Waals surface area contributed by atoms with E-state index in [0.29, 0.717) is 39.0 Å². The number of benzene rings is 2. The van der Waals surface area contributed by atoms with Crippen LogP contribution in [-0.4, -0.2) is 25.2 Å². The average Bonchev–Trinajstić information content (AvgIpc) is 3.13. The van der Waals surface area contributed by atoms with Gasteiger partial charge in [0.05, 0.1) is 17.0 Å². The van der Waals surface area contributed by atoms with Gasteiger partial charge in [-0.15, -0.1) is 0 Å². The van der Waals surface area contributed by atoms with Crippen molar-refractivity contribution in [3.8, 4) is 5.69 Å². The SMILES string of the molecule is Cc1cc(-n2c(C(C)C)c(S(C)(=O)=O)c3cc4c(cc32)C(F)=NC4)ccc1F. The predicted molar refractivity (Wildman–Crippen MR) is 107 cm³/mol. The summed E-state index contributed by atoms with van der Waals surface area (Å²) in [5, 5.41) is 0.539. The molecule has 1 aliphatic heterocycles. The second-order valence-corrected chi connectivity index (χ2v) is 9.50. The van der Waals surface area contributed by atoms with Gasteiger partial charge in [-0.25, -0.2) is 12.8 Å². The van der Waals surface area contributed by atoms with Crippen LogP contribution in [0.4, 0.5) is 8.78 Å². The summed E-state index contributed by atoms with van der Waals surface area (Å²) in [4.78, 5) is 4.06. The maximum atomic E-state index is 14.2. The summed E-state index contributed by atoms with van der Waals surface area (Å²) in [6.07, 6.45) is 1.18. The van der Waals surface area contributed by atoms with Gasteiger partial charge in [0.25, 0.3) is 0 Å². The summed E-state index contributed by atoms with van der Waals surface area (Å²) in [5.74, 6) is -1.02. The maximum Gasteiger partial charge on any atom is 0.216 e. The molecule has 3 aromatic rings. The molecular weight excluding hydrogens is 382 g/mol. The molecular formula is C21H20F2N2O2S. The van der Waals surface area contributed by atoms with Crippen molar-refractivity contribution in [2.45, 2.75) is 38.1 Å². The zero-order valence-electron chi connectivity index (χ0n) is 16.0. The highest BCUT2D eigenvalue weighted by Gasteiger charge is 2.29. The Morgan fingerprint density at radius 1 is 1.14 bits per heavy atom. The number of rotatable bonds is 3. The lowest BCUT2D eigenvalue weighted by molar-refractivity contribution is 0.599. The van der Waals surface area contributed by atoms with Gasteiger partial charge in [0.15, 0.2) is 9.84 Å². The van der Waals surface area contributed by atoms with E-state index in [4.69, 9.17) is 0 Å². The molecule has 28 heavy (non-hydrogen) atoms. The largest absolute Gasteiger partial charge is 0.312 e. The van der Waals surface area contributed by atoms with Crippen LogP contribution in [-0.2, 0) is 16.4 Å². The standard InChI is InChI=1S/C21H20F2N2O2S/c1-11(2)19-20(28(4,26)27)16-8-13-10-24-21(23)15(13)9-18(16)25(19)14-5-6-17(22)12(3)7-14/h5-9,11H,10H2,1-4H3. The van der Waals surface area contributed by atoms with Gasteiger partial charge in [-0.3, -0.25) is 4.99 Å². The molecule has 1 aromatic heterocycles. The zero-order valence-corrected chi connectivity index (χ0v) is 16.9. The van der Waals surface area contributed by atoms with Crippen LogP contribution in [0.3, 0.4) is 0 Å². The third-order valence-corrected chi connectivity index (χ3v) is 6.28. The minimum absolute atomic E-state index is 0.129. The summed E-state index contributed by atoms with van der Waals surface area (Å²) in [6, 6.07) is 8.00. The topological polar surface area (TPSA) is 51.4 Å². The van der Waals surface area contributed by atoms with E-state index in [9.17, 15) is 17.2 Å². The molecule has 0 bridgehead atoms. The Balaban J connectivity index is 2.21. The summed E-state index contributed by atoms with van der Waals surface area (Å²) in [7, 11) is -3.57. The normalized spacial score (nSPS) is 14.0. The van der Waals surface area contributed by atoms with Crippen LogP contribution in [0.2, 0.25) is 0 Å². The Morgan fingerprint density at radius 3 is 2.46 bits per heavy atom.